The number of benzene rings is 10. The predicted molar refractivity (Wildman–Crippen MR) is 295 cm³/mol. The van der Waals surface area contributed by atoms with Crippen LogP contribution in [0.3, 0.4) is 0 Å². The summed E-state index contributed by atoms with van der Waals surface area (Å²) in [4.78, 5) is 11.8. The summed E-state index contributed by atoms with van der Waals surface area (Å²) in [6, 6.07) is 73.9. The molecule has 338 valence electrons. The van der Waals surface area contributed by atoms with Crippen LogP contribution in [-0.4, -0.2) is 9.13 Å². The Morgan fingerprint density at radius 3 is 1.08 bits per heavy atom. The van der Waals surface area contributed by atoms with E-state index in [9.17, 15) is 22.4 Å². The second kappa shape index (κ2) is 17.9. The second-order valence-electron chi connectivity index (χ2n) is 17.9. The topological polar surface area (TPSA) is 94.3 Å². The third-order valence-corrected chi connectivity index (χ3v) is 13.9. The van der Waals surface area contributed by atoms with Crippen molar-refractivity contribution in [2.75, 3.05) is 0 Å². The summed E-state index contributed by atoms with van der Waals surface area (Å²) >= 11 is 0. The first-order valence-corrected chi connectivity index (χ1v) is 23.6. The number of nitrogens with zero attached hydrogens (tertiary/aromatic N) is 8. The Labute approximate surface area is 426 Å². The van der Waals surface area contributed by atoms with Gasteiger partial charge < -0.3 is 9.13 Å². The van der Waals surface area contributed by atoms with Crippen LogP contribution in [0.15, 0.2) is 206 Å². The molecule has 12 rings (SSSR count). The maximum atomic E-state index is 10.3. The SMILES string of the molecule is [C-]#[N+]c1ccc(-c2ccc3c4ccc(-c5ccc(C#N)cc5)cc4n(-c4ccc(-c5cccc(C#N)c5)c(-n5c6cc(-c7ccc(C#N)cc7)ccc6c6ccc(-c7ccc([N+]#[C-])cc7)cc65)c4[N+]#[C-])c3c2)cc1. The predicted octanol–water partition coefficient (Wildman–Crippen LogP) is 17.5. The summed E-state index contributed by atoms with van der Waals surface area (Å²) < 4.78 is 4.38. The molecule has 12 aromatic rings. The molecule has 0 aliphatic carbocycles. The van der Waals surface area contributed by atoms with Crippen molar-refractivity contribution in [1.82, 2.24) is 9.13 Å². The van der Waals surface area contributed by atoms with Gasteiger partial charge in [-0.25, -0.2) is 14.5 Å². The molecule has 2 aromatic heterocycles. The Kier molecular flexibility index (Phi) is 10.7. The van der Waals surface area contributed by atoms with Gasteiger partial charge in [-0.05, 0) is 122 Å². The first-order chi connectivity index (χ1) is 36.4. The van der Waals surface area contributed by atoms with Crippen LogP contribution in [0.2, 0.25) is 0 Å². The number of rotatable bonds is 7. The lowest BCUT2D eigenvalue weighted by Gasteiger charge is -2.21. The van der Waals surface area contributed by atoms with Gasteiger partial charge in [0.1, 0.15) is 0 Å². The average molecular weight is 939 g/mol. The molecule has 0 spiro atoms. The Hall–Kier alpha value is -11.3. The largest absolute Gasteiger partial charge is 0.319 e. The van der Waals surface area contributed by atoms with E-state index in [0.29, 0.717) is 45.1 Å². The minimum absolute atomic E-state index is 0.369. The highest BCUT2D eigenvalue weighted by Crippen LogP contribution is 2.48. The fourth-order valence-electron chi connectivity index (χ4n) is 10.3. The minimum atomic E-state index is 0.369. The zero-order chi connectivity index (χ0) is 50.5. The lowest BCUT2D eigenvalue weighted by atomic mass is 9.98. The molecular formula is C66H34N8. The third-order valence-electron chi connectivity index (χ3n) is 13.9. The van der Waals surface area contributed by atoms with Gasteiger partial charge in [0, 0.05) is 21.5 Å². The summed E-state index contributed by atoms with van der Waals surface area (Å²) in [5.41, 5.74) is 16.7. The van der Waals surface area contributed by atoms with E-state index < -0.39 is 0 Å². The van der Waals surface area contributed by atoms with E-state index in [4.69, 9.17) is 13.1 Å². The molecule has 0 N–H and O–H groups in total. The van der Waals surface area contributed by atoms with Crippen molar-refractivity contribution in [3.63, 3.8) is 0 Å². The molecule has 74 heavy (non-hydrogen) atoms. The lowest BCUT2D eigenvalue weighted by molar-refractivity contribution is 1.15. The first kappa shape index (κ1) is 44.0. The molecule has 8 heteroatoms. The van der Waals surface area contributed by atoms with E-state index in [2.05, 4.69) is 121 Å². The Morgan fingerprint density at radius 2 is 0.703 bits per heavy atom. The minimum Gasteiger partial charge on any atom is -0.319 e. The fourth-order valence-corrected chi connectivity index (χ4v) is 10.3. The van der Waals surface area contributed by atoms with Gasteiger partial charge >= 0.3 is 0 Å². The van der Waals surface area contributed by atoms with Crippen LogP contribution in [0.25, 0.3) is 125 Å². The van der Waals surface area contributed by atoms with Gasteiger partial charge in [0.15, 0.2) is 11.4 Å². The zero-order valence-corrected chi connectivity index (χ0v) is 39.2. The molecule has 10 aromatic carbocycles. The first-order valence-electron chi connectivity index (χ1n) is 23.6. The molecule has 0 fully saturated rings. The van der Waals surface area contributed by atoms with Crippen LogP contribution < -0.4 is 0 Å². The quantitative estimate of drug-likeness (QED) is 0.149. The number of hydrogen-bond donors (Lipinski definition) is 0. The number of nitriles is 3. The van der Waals surface area contributed by atoms with E-state index in [0.717, 1.165) is 99.2 Å². The van der Waals surface area contributed by atoms with Crippen LogP contribution in [-0.2, 0) is 0 Å². The van der Waals surface area contributed by atoms with Crippen molar-refractivity contribution in [2.45, 2.75) is 0 Å². The van der Waals surface area contributed by atoms with Gasteiger partial charge in [0.25, 0.3) is 0 Å². The maximum absolute atomic E-state index is 10.3. The molecule has 0 atom stereocenters. The summed E-state index contributed by atoms with van der Waals surface area (Å²) in [5.74, 6) is 0. The van der Waals surface area contributed by atoms with Gasteiger partial charge in [0.05, 0.1) is 88.1 Å². The van der Waals surface area contributed by atoms with Crippen LogP contribution in [0, 0.1) is 53.7 Å². The summed E-state index contributed by atoms with van der Waals surface area (Å²) in [6.45, 7) is 24.6. The molecular weight excluding hydrogens is 905 g/mol. The molecule has 0 saturated carbocycles. The van der Waals surface area contributed by atoms with E-state index in [1.54, 1.807) is 6.07 Å². The van der Waals surface area contributed by atoms with E-state index in [1.807, 2.05) is 121 Å². The fraction of sp³-hybridized carbons (Fsp3) is 0. The molecule has 0 radical (unpaired) electrons. The summed E-state index contributed by atoms with van der Waals surface area (Å²) in [7, 11) is 0. The number of aromatic nitrogens is 2. The van der Waals surface area contributed by atoms with Crippen molar-refractivity contribution in [3.8, 4) is 85.2 Å². The second-order valence-corrected chi connectivity index (χ2v) is 17.9. The normalized spacial score (nSPS) is 10.9. The van der Waals surface area contributed by atoms with Crippen molar-refractivity contribution in [1.29, 1.82) is 15.8 Å². The molecule has 0 saturated heterocycles. The average Bonchev–Trinajstić information content (AvgIpc) is 3.97. The maximum Gasteiger partial charge on any atom is 0.234 e. The highest BCUT2D eigenvalue weighted by atomic mass is 15.1. The molecule has 0 aliphatic rings. The standard InChI is InChI=1S/C66H34N8/c1-70-53-23-15-46(16-24-53)49-20-28-57-56-27-19-48(44-11-7-41(38-67)8-12-44)34-61(56)73(62(57)35-49)60-32-31-55(52-6-4-5-43(33-52)40-69)66(65(60)72-3)74-63-36-50(45-13-9-42(39-68)10-14-45)21-29-58(63)59-30-22-51(37-64(59)74)47-17-25-54(71-2)26-18-47/h4-37H. The highest BCUT2D eigenvalue weighted by Gasteiger charge is 2.26. The van der Waals surface area contributed by atoms with Crippen LogP contribution >= 0.6 is 0 Å². The monoisotopic (exact) mass is 938 g/mol. The number of hydrogen-bond acceptors (Lipinski definition) is 3. The summed E-state index contributed by atoms with van der Waals surface area (Å²) in [5, 5.41) is 33.4. The molecule has 8 nitrogen and oxygen atoms in total. The van der Waals surface area contributed by atoms with Crippen molar-refractivity contribution >= 4 is 60.7 Å². The molecule has 0 amide bonds. The Balaban J connectivity index is 1.22. The molecule has 2 heterocycles. The van der Waals surface area contributed by atoms with Gasteiger partial charge in [-0.2, -0.15) is 15.8 Å². The zero-order valence-electron chi connectivity index (χ0n) is 39.2. The van der Waals surface area contributed by atoms with Crippen molar-refractivity contribution in [2.24, 2.45) is 0 Å². The molecule has 0 unspecified atom stereocenters. The number of fused-ring (bicyclic) bond motifs is 6. The Bertz CT molecular complexity index is 4340. The smallest absolute Gasteiger partial charge is 0.234 e. The third kappa shape index (κ3) is 7.35. The van der Waals surface area contributed by atoms with Gasteiger partial charge in [-0.15, -0.1) is 0 Å². The summed E-state index contributed by atoms with van der Waals surface area (Å²) in [6.07, 6.45) is 0. The van der Waals surface area contributed by atoms with Crippen LogP contribution in [0.1, 0.15) is 16.7 Å². The van der Waals surface area contributed by atoms with Crippen molar-refractivity contribution in [3.05, 3.63) is 257 Å². The van der Waals surface area contributed by atoms with Crippen molar-refractivity contribution < 1.29 is 0 Å². The van der Waals surface area contributed by atoms with Gasteiger partial charge in [-0.1, -0.05) is 140 Å². The highest BCUT2D eigenvalue weighted by molar-refractivity contribution is 6.14. The van der Waals surface area contributed by atoms with Gasteiger partial charge in [0.2, 0.25) is 5.69 Å². The molecule has 0 bridgehead atoms. The van der Waals surface area contributed by atoms with E-state index in [1.165, 1.54) is 0 Å². The molecule has 0 aliphatic heterocycles. The van der Waals surface area contributed by atoms with Crippen LogP contribution in [0.5, 0.6) is 0 Å². The van der Waals surface area contributed by atoms with E-state index >= 15 is 0 Å². The van der Waals surface area contributed by atoms with E-state index in [-0.39, 0.29) is 0 Å². The lowest BCUT2D eigenvalue weighted by Crippen LogP contribution is -2.03. The Morgan fingerprint density at radius 1 is 0.324 bits per heavy atom. The van der Waals surface area contributed by atoms with Gasteiger partial charge in [-0.3, -0.25) is 0 Å². The van der Waals surface area contributed by atoms with Crippen LogP contribution in [0.4, 0.5) is 17.1 Å².